The standard InChI is InChI=1S/C16H14BrClN2O/c1-11-10-13(6-7-14(11)17)20-16(21)19-9-8-12-4-2-3-5-15(12)18/h2-10H,1H3,(H2,19,20,21)/b9-8+. The number of urea groups is 1. The molecule has 0 aliphatic carbocycles. The minimum Gasteiger partial charge on any atom is -0.314 e. The number of halogens is 2. The normalized spacial score (nSPS) is 10.6. The Kier molecular flexibility index (Phi) is 5.42. The van der Waals surface area contributed by atoms with Gasteiger partial charge in [0.25, 0.3) is 0 Å². The van der Waals surface area contributed by atoms with Crippen LogP contribution in [0.5, 0.6) is 0 Å². The van der Waals surface area contributed by atoms with Crippen molar-refractivity contribution in [3.8, 4) is 0 Å². The van der Waals surface area contributed by atoms with Crippen LogP contribution in [-0.2, 0) is 0 Å². The third-order valence-corrected chi connectivity index (χ3v) is 4.03. The molecule has 2 rings (SSSR count). The van der Waals surface area contributed by atoms with Gasteiger partial charge in [0.05, 0.1) is 0 Å². The average molecular weight is 366 g/mol. The fraction of sp³-hybridized carbons (Fsp3) is 0.0625. The molecule has 2 amide bonds. The zero-order valence-corrected chi connectivity index (χ0v) is 13.7. The van der Waals surface area contributed by atoms with Crippen molar-refractivity contribution in [2.75, 3.05) is 5.32 Å². The van der Waals surface area contributed by atoms with Crippen molar-refractivity contribution in [3.05, 3.63) is 69.3 Å². The molecule has 0 aliphatic rings. The maximum atomic E-state index is 11.8. The molecular weight excluding hydrogens is 352 g/mol. The summed E-state index contributed by atoms with van der Waals surface area (Å²) in [5.41, 5.74) is 2.64. The molecule has 0 saturated carbocycles. The summed E-state index contributed by atoms with van der Waals surface area (Å²) >= 11 is 9.44. The van der Waals surface area contributed by atoms with Gasteiger partial charge in [-0.15, -0.1) is 0 Å². The van der Waals surface area contributed by atoms with Gasteiger partial charge in [-0.05, 0) is 48.4 Å². The monoisotopic (exact) mass is 364 g/mol. The quantitative estimate of drug-likeness (QED) is 0.771. The van der Waals surface area contributed by atoms with E-state index < -0.39 is 0 Å². The lowest BCUT2D eigenvalue weighted by Gasteiger charge is -2.06. The zero-order chi connectivity index (χ0) is 15.2. The lowest BCUT2D eigenvalue weighted by Crippen LogP contribution is -2.23. The summed E-state index contributed by atoms with van der Waals surface area (Å²) < 4.78 is 1.01. The van der Waals surface area contributed by atoms with Crippen molar-refractivity contribution in [1.29, 1.82) is 0 Å². The fourth-order valence-corrected chi connectivity index (χ4v) is 2.15. The van der Waals surface area contributed by atoms with Crippen LogP contribution in [0.2, 0.25) is 5.02 Å². The Morgan fingerprint density at radius 2 is 2.00 bits per heavy atom. The summed E-state index contributed by atoms with van der Waals surface area (Å²) in [6.07, 6.45) is 3.30. The van der Waals surface area contributed by atoms with Crippen LogP contribution in [0.3, 0.4) is 0 Å². The first-order valence-electron chi connectivity index (χ1n) is 6.31. The molecular formula is C16H14BrClN2O. The summed E-state index contributed by atoms with van der Waals surface area (Å²) in [4.78, 5) is 11.8. The molecule has 0 aliphatic heterocycles. The first kappa shape index (κ1) is 15.6. The second kappa shape index (κ2) is 7.29. The number of benzene rings is 2. The van der Waals surface area contributed by atoms with Crippen LogP contribution < -0.4 is 10.6 Å². The van der Waals surface area contributed by atoms with E-state index in [1.807, 2.05) is 43.3 Å². The Labute approximate surface area is 137 Å². The molecule has 0 bridgehead atoms. The molecule has 0 atom stereocenters. The maximum absolute atomic E-state index is 11.8. The number of hydrogen-bond donors (Lipinski definition) is 2. The van der Waals surface area contributed by atoms with E-state index in [0.29, 0.717) is 5.02 Å². The predicted octanol–water partition coefficient (Wildman–Crippen LogP) is 5.20. The molecule has 0 heterocycles. The molecule has 0 fully saturated rings. The van der Waals surface area contributed by atoms with Crippen LogP contribution in [0.4, 0.5) is 10.5 Å². The van der Waals surface area contributed by atoms with E-state index in [-0.39, 0.29) is 6.03 Å². The number of carbonyl (C=O) groups is 1. The Hall–Kier alpha value is -1.78. The van der Waals surface area contributed by atoms with Gasteiger partial charge in [-0.3, -0.25) is 0 Å². The van der Waals surface area contributed by atoms with Gasteiger partial charge in [-0.1, -0.05) is 45.7 Å². The van der Waals surface area contributed by atoms with Crippen LogP contribution in [0.15, 0.2) is 53.1 Å². The van der Waals surface area contributed by atoms with Crippen LogP contribution in [0, 0.1) is 6.92 Å². The second-order valence-corrected chi connectivity index (χ2v) is 5.68. The lowest BCUT2D eigenvalue weighted by molar-refractivity contribution is 0.255. The smallest absolute Gasteiger partial charge is 0.314 e. The molecule has 3 nitrogen and oxygen atoms in total. The number of rotatable bonds is 3. The topological polar surface area (TPSA) is 41.1 Å². The number of aryl methyl sites for hydroxylation is 1. The first-order chi connectivity index (χ1) is 10.1. The zero-order valence-electron chi connectivity index (χ0n) is 11.4. The minimum atomic E-state index is -0.306. The van der Waals surface area contributed by atoms with Gasteiger partial charge in [-0.25, -0.2) is 4.79 Å². The Morgan fingerprint density at radius 3 is 2.71 bits per heavy atom. The van der Waals surface area contributed by atoms with Gasteiger partial charge >= 0.3 is 6.03 Å². The van der Waals surface area contributed by atoms with Gasteiger partial charge in [0.15, 0.2) is 0 Å². The van der Waals surface area contributed by atoms with Crippen LogP contribution in [0.25, 0.3) is 6.08 Å². The Balaban J connectivity index is 1.93. The highest BCUT2D eigenvalue weighted by Gasteiger charge is 2.01. The summed E-state index contributed by atoms with van der Waals surface area (Å²) in [6.45, 7) is 1.96. The number of anilines is 1. The summed E-state index contributed by atoms with van der Waals surface area (Å²) in [5, 5.41) is 6.03. The molecule has 2 aromatic carbocycles. The summed E-state index contributed by atoms with van der Waals surface area (Å²) in [5.74, 6) is 0. The molecule has 0 radical (unpaired) electrons. The van der Waals surface area contributed by atoms with Crippen molar-refractivity contribution < 1.29 is 4.79 Å². The van der Waals surface area contributed by atoms with Crippen molar-refractivity contribution >= 4 is 45.3 Å². The SMILES string of the molecule is Cc1cc(NC(=O)N/C=C/c2ccccc2Cl)ccc1Br. The molecule has 0 unspecified atom stereocenters. The fourth-order valence-electron chi connectivity index (χ4n) is 1.71. The highest BCUT2D eigenvalue weighted by atomic mass is 79.9. The van der Waals surface area contributed by atoms with Crippen LogP contribution >= 0.6 is 27.5 Å². The van der Waals surface area contributed by atoms with Gasteiger partial charge in [-0.2, -0.15) is 0 Å². The molecule has 5 heteroatoms. The highest BCUT2D eigenvalue weighted by Crippen LogP contribution is 2.20. The first-order valence-corrected chi connectivity index (χ1v) is 7.48. The van der Waals surface area contributed by atoms with Crippen LogP contribution in [-0.4, -0.2) is 6.03 Å². The molecule has 2 aromatic rings. The summed E-state index contributed by atoms with van der Waals surface area (Å²) in [6, 6.07) is 12.7. The maximum Gasteiger partial charge on any atom is 0.323 e. The molecule has 108 valence electrons. The van der Waals surface area contributed by atoms with Crippen molar-refractivity contribution in [3.63, 3.8) is 0 Å². The molecule has 21 heavy (non-hydrogen) atoms. The average Bonchev–Trinajstić information content (AvgIpc) is 2.45. The van der Waals surface area contributed by atoms with Crippen molar-refractivity contribution in [1.82, 2.24) is 5.32 Å². The highest BCUT2D eigenvalue weighted by molar-refractivity contribution is 9.10. The van der Waals surface area contributed by atoms with Gasteiger partial charge in [0.1, 0.15) is 0 Å². The Bertz CT molecular complexity index is 686. The number of nitrogens with one attached hydrogen (secondary N) is 2. The summed E-state index contributed by atoms with van der Waals surface area (Å²) in [7, 11) is 0. The third-order valence-electron chi connectivity index (χ3n) is 2.80. The van der Waals surface area contributed by atoms with Crippen molar-refractivity contribution in [2.45, 2.75) is 6.92 Å². The second-order valence-electron chi connectivity index (χ2n) is 4.42. The van der Waals surface area contributed by atoms with E-state index in [0.717, 1.165) is 21.3 Å². The van der Waals surface area contributed by atoms with Crippen molar-refractivity contribution in [2.24, 2.45) is 0 Å². The lowest BCUT2D eigenvalue weighted by atomic mass is 10.2. The van der Waals surface area contributed by atoms with E-state index in [1.165, 1.54) is 0 Å². The number of hydrogen-bond acceptors (Lipinski definition) is 1. The Morgan fingerprint density at radius 1 is 1.24 bits per heavy atom. The van der Waals surface area contributed by atoms with Gasteiger partial charge < -0.3 is 10.6 Å². The van der Waals surface area contributed by atoms with Gasteiger partial charge in [0.2, 0.25) is 0 Å². The van der Waals surface area contributed by atoms with E-state index in [9.17, 15) is 4.79 Å². The van der Waals surface area contributed by atoms with E-state index in [4.69, 9.17) is 11.6 Å². The predicted molar refractivity (Wildman–Crippen MR) is 91.5 cm³/mol. The van der Waals surface area contributed by atoms with E-state index >= 15 is 0 Å². The largest absolute Gasteiger partial charge is 0.323 e. The molecule has 2 N–H and O–H groups in total. The minimum absolute atomic E-state index is 0.306. The van der Waals surface area contributed by atoms with E-state index in [1.54, 1.807) is 18.3 Å². The molecule has 0 saturated heterocycles. The van der Waals surface area contributed by atoms with Crippen LogP contribution in [0.1, 0.15) is 11.1 Å². The van der Waals surface area contributed by atoms with E-state index in [2.05, 4.69) is 26.6 Å². The molecule has 0 spiro atoms. The number of amides is 2. The van der Waals surface area contributed by atoms with Gasteiger partial charge in [0, 0.05) is 21.4 Å². The molecule has 0 aromatic heterocycles. The number of carbonyl (C=O) groups excluding carboxylic acids is 1. The third kappa shape index (κ3) is 4.62.